The minimum Gasteiger partial charge on any atom is -0.303 e. The van der Waals surface area contributed by atoms with Crippen LogP contribution in [-0.4, -0.2) is 32.3 Å². The number of aryl methyl sites for hydroxylation is 1. The first-order valence-electron chi connectivity index (χ1n) is 10.2. The standard InChI is InChI=1S/C22H30N4O2S/c1-15-24-25-21(26(15)18-8-6-5-7-9-18)29-14-19(27)23-20(28)16-10-12-17(13-11-16)22(2,3)4/h10-13,18H,5-9,14H2,1-4H3,(H,23,27,28). The van der Waals surface area contributed by atoms with Crippen molar-refractivity contribution in [3.8, 4) is 0 Å². The fourth-order valence-electron chi connectivity index (χ4n) is 3.69. The highest BCUT2D eigenvalue weighted by Crippen LogP contribution is 2.32. The van der Waals surface area contributed by atoms with Gasteiger partial charge in [0.2, 0.25) is 5.91 Å². The molecule has 1 aromatic carbocycles. The number of imide groups is 1. The van der Waals surface area contributed by atoms with E-state index in [2.05, 4.69) is 40.9 Å². The molecule has 2 aromatic rings. The fourth-order valence-corrected chi connectivity index (χ4v) is 4.55. The second-order valence-electron chi connectivity index (χ2n) is 8.68. The van der Waals surface area contributed by atoms with E-state index in [0.29, 0.717) is 11.6 Å². The summed E-state index contributed by atoms with van der Waals surface area (Å²) in [6, 6.07) is 7.80. The number of hydrogen-bond acceptors (Lipinski definition) is 5. The number of thioether (sulfide) groups is 1. The summed E-state index contributed by atoms with van der Waals surface area (Å²) < 4.78 is 2.16. The van der Waals surface area contributed by atoms with Crippen molar-refractivity contribution >= 4 is 23.6 Å². The maximum absolute atomic E-state index is 12.4. The Labute approximate surface area is 176 Å². The van der Waals surface area contributed by atoms with Crippen LogP contribution in [0.4, 0.5) is 0 Å². The first-order chi connectivity index (χ1) is 13.8. The summed E-state index contributed by atoms with van der Waals surface area (Å²) in [5.74, 6) is 0.322. The molecule has 0 atom stereocenters. The van der Waals surface area contributed by atoms with Crippen LogP contribution in [0.1, 0.15) is 80.7 Å². The Kier molecular flexibility index (Phi) is 6.77. The number of aromatic nitrogens is 3. The molecule has 0 bridgehead atoms. The second kappa shape index (κ2) is 9.11. The number of rotatable bonds is 5. The van der Waals surface area contributed by atoms with E-state index < -0.39 is 0 Å². The number of carbonyl (C=O) groups excluding carboxylic acids is 2. The van der Waals surface area contributed by atoms with Crippen LogP contribution in [-0.2, 0) is 10.2 Å². The van der Waals surface area contributed by atoms with Gasteiger partial charge < -0.3 is 4.57 Å². The summed E-state index contributed by atoms with van der Waals surface area (Å²) in [6.07, 6.45) is 5.97. The predicted octanol–water partition coefficient (Wildman–Crippen LogP) is 4.44. The van der Waals surface area contributed by atoms with Crippen molar-refractivity contribution in [3.63, 3.8) is 0 Å². The third-order valence-electron chi connectivity index (χ3n) is 5.37. The number of hydrogen-bond donors (Lipinski definition) is 1. The molecular formula is C22H30N4O2S. The number of amides is 2. The van der Waals surface area contributed by atoms with E-state index >= 15 is 0 Å². The molecule has 1 aliphatic carbocycles. The average molecular weight is 415 g/mol. The molecule has 1 heterocycles. The average Bonchev–Trinajstić information content (AvgIpc) is 3.07. The molecular weight excluding hydrogens is 384 g/mol. The number of carbonyl (C=O) groups is 2. The monoisotopic (exact) mass is 414 g/mol. The van der Waals surface area contributed by atoms with Gasteiger partial charge in [0.25, 0.3) is 5.91 Å². The molecule has 1 saturated carbocycles. The Bertz CT molecular complexity index is 862. The molecule has 1 fully saturated rings. The molecule has 156 valence electrons. The van der Waals surface area contributed by atoms with Gasteiger partial charge in [-0.05, 0) is 42.9 Å². The van der Waals surface area contributed by atoms with Crippen LogP contribution in [0.25, 0.3) is 0 Å². The van der Waals surface area contributed by atoms with Crippen molar-refractivity contribution < 1.29 is 9.59 Å². The summed E-state index contributed by atoms with van der Waals surface area (Å²) in [7, 11) is 0. The molecule has 3 rings (SSSR count). The first-order valence-corrected chi connectivity index (χ1v) is 11.2. The molecule has 7 heteroatoms. The molecule has 2 amide bonds. The van der Waals surface area contributed by atoms with Gasteiger partial charge in [0, 0.05) is 11.6 Å². The van der Waals surface area contributed by atoms with Gasteiger partial charge in [0.05, 0.1) is 5.75 Å². The van der Waals surface area contributed by atoms with Crippen molar-refractivity contribution in [1.29, 1.82) is 0 Å². The van der Waals surface area contributed by atoms with Gasteiger partial charge in [0.15, 0.2) is 5.16 Å². The Hall–Kier alpha value is -2.15. The Morgan fingerprint density at radius 2 is 1.76 bits per heavy atom. The highest BCUT2D eigenvalue weighted by Gasteiger charge is 2.22. The molecule has 6 nitrogen and oxygen atoms in total. The van der Waals surface area contributed by atoms with E-state index in [1.54, 1.807) is 12.1 Å². The number of nitrogens with one attached hydrogen (secondary N) is 1. The van der Waals surface area contributed by atoms with E-state index in [0.717, 1.165) is 29.4 Å². The van der Waals surface area contributed by atoms with E-state index in [9.17, 15) is 9.59 Å². The van der Waals surface area contributed by atoms with Gasteiger partial charge in [-0.1, -0.05) is 63.9 Å². The smallest absolute Gasteiger partial charge is 0.257 e. The lowest BCUT2D eigenvalue weighted by atomic mass is 9.87. The highest BCUT2D eigenvalue weighted by atomic mass is 32.2. The summed E-state index contributed by atoms with van der Waals surface area (Å²) in [6.45, 7) is 8.32. The van der Waals surface area contributed by atoms with Gasteiger partial charge in [-0.2, -0.15) is 0 Å². The molecule has 0 spiro atoms. The SMILES string of the molecule is Cc1nnc(SCC(=O)NC(=O)c2ccc(C(C)(C)C)cc2)n1C1CCCCC1. The van der Waals surface area contributed by atoms with E-state index in [4.69, 9.17) is 0 Å². The molecule has 29 heavy (non-hydrogen) atoms. The Morgan fingerprint density at radius 3 is 2.38 bits per heavy atom. The van der Waals surface area contributed by atoms with E-state index in [1.807, 2.05) is 19.1 Å². The van der Waals surface area contributed by atoms with Crippen molar-refractivity contribution in [1.82, 2.24) is 20.1 Å². The first kappa shape index (κ1) is 21.6. The van der Waals surface area contributed by atoms with Crippen LogP contribution in [0.2, 0.25) is 0 Å². The van der Waals surface area contributed by atoms with Crippen LogP contribution in [0.5, 0.6) is 0 Å². The molecule has 0 radical (unpaired) electrons. The Morgan fingerprint density at radius 1 is 1.10 bits per heavy atom. The van der Waals surface area contributed by atoms with Crippen molar-refractivity contribution in [2.45, 2.75) is 76.4 Å². The maximum Gasteiger partial charge on any atom is 0.257 e. The van der Waals surface area contributed by atoms with Gasteiger partial charge in [-0.25, -0.2) is 0 Å². The van der Waals surface area contributed by atoms with Crippen LogP contribution >= 0.6 is 11.8 Å². The van der Waals surface area contributed by atoms with Crippen LogP contribution in [0.15, 0.2) is 29.4 Å². The van der Waals surface area contributed by atoms with E-state index in [1.165, 1.54) is 31.0 Å². The normalized spacial score (nSPS) is 15.3. The summed E-state index contributed by atoms with van der Waals surface area (Å²) in [4.78, 5) is 24.7. The van der Waals surface area contributed by atoms with Gasteiger partial charge in [-0.15, -0.1) is 10.2 Å². The van der Waals surface area contributed by atoms with Crippen molar-refractivity contribution in [2.75, 3.05) is 5.75 Å². The van der Waals surface area contributed by atoms with Crippen molar-refractivity contribution in [3.05, 3.63) is 41.2 Å². The zero-order valence-electron chi connectivity index (χ0n) is 17.7. The fraction of sp³-hybridized carbons (Fsp3) is 0.545. The summed E-state index contributed by atoms with van der Waals surface area (Å²) in [5, 5.41) is 11.7. The number of nitrogens with zero attached hydrogens (tertiary/aromatic N) is 3. The molecule has 0 saturated heterocycles. The zero-order chi connectivity index (χ0) is 21.0. The zero-order valence-corrected chi connectivity index (χ0v) is 18.5. The minimum absolute atomic E-state index is 0.0217. The lowest BCUT2D eigenvalue weighted by molar-refractivity contribution is -0.117. The van der Waals surface area contributed by atoms with Gasteiger partial charge in [0.1, 0.15) is 5.82 Å². The topological polar surface area (TPSA) is 76.9 Å². The maximum atomic E-state index is 12.4. The second-order valence-corrected chi connectivity index (χ2v) is 9.63. The molecule has 0 aliphatic heterocycles. The van der Waals surface area contributed by atoms with Crippen molar-refractivity contribution in [2.24, 2.45) is 0 Å². The molecule has 1 aliphatic rings. The molecule has 0 unspecified atom stereocenters. The van der Waals surface area contributed by atoms with Gasteiger partial charge >= 0.3 is 0 Å². The lowest BCUT2D eigenvalue weighted by Gasteiger charge is -2.24. The molecule has 1 N–H and O–H groups in total. The van der Waals surface area contributed by atoms with Gasteiger partial charge in [-0.3, -0.25) is 14.9 Å². The Balaban J connectivity index is 1.57. The van der Waals surface area contributed by atoms with Crippen LogP contribution in [0.3, 0.4) is 0 Å². The predicted molar refractivity (Wildman–Crippen MR) is 115 cm³/mol. The van der Waals surface area contributed by atoms with Crippen LogP contribution < -0.4 is 5.32 Å². The molecule has 1 aromatic heterocycles. The summed E-state index contributed by atoms with van der Waals surface area (Å²) in [5.41, 5.74) is 1.65. The largest absolute Gasteiger partial charge is 0.303 e. The number of benzene rings is 1. The lowest BCUT2D eigenvalue weighted by Crippen LogP contribution is -2.32. The third-order valence-corrected chi connectivity index (χ3v) is 6.32. The van der Waals surface area contributed by atoms with Crippen LogP contribution in [0, 0.1) is 6.92 Å². The van der Waals surface area contributed by atoms with E-state index in [-0.39, 0.29) is 23.0 Å². The minimum atomic E-state index is -0.374. The third kappa shape index (κ3) is 5.47. The summed E-state index contributed by atoms with van der Waals surface area (Å²) >= 11 is 1.34. The quantitative estimate of drug-likeness (QED) is 0.732. The highest BCUT2D eigenvalue weighted by molar-refractivity contribution is 7.99.